The summed E-state index contributed by atoms with van der Waals surface area (Å²) in [4.78, 5) is 25.5. The SMILES string of the molecule is CCN(CC(=O)Nc1cc(Cl)ccc1C)C(=O)C=C(C)C. The summed E-state index contributed by atoms with van der Waals surface area (Å²) in [6, 6.07) is 5.30. The number of aryl methyl sites for hydroxylation is 1. The summed E-state index contributed by atoms with van der Waals surface area (Å²) in [7, 11) is 0. The van der Waals surface area contributed by atoms with Crippen molar-refractivity contribution in [2.75, 3.05) is 18.4 Å². The highest BCUT2D eigenvalue weighted by atomic mass is 35.5. The second-order valence-electron chi connectivity index (χ2n) is 5.08. The molecule has 0 aliphatic heterocycles. The fourth-order valence-electron chi connectivity index (χ4n) is 1.78. The second-order valence-corrected chi connectivity index (χ2v) is 5.52. The molecular formula is C16H21ClN2O2. The molecule has 0 fully saturated rings. The summed E-state index contributed by atoms with van der Waals surface area (Å²) >= 11 is 5.92. The zero-order valence-corrected chi connectivity index (χ0v) is 13.6. The molecule has 0 radical (unpaired) electrons. The molecule has 0 saturated heterocycles. The number of nitrogens with zero attached hydrogens (tertiary/aromatic N) is 1. The highest BCUT2D eigenvalue weighted by molar-refractivity contribution is 6.31. The number of amides is 2. The summed E-state index contributed by atoms with van der Waals surface area (Å²) in [5.74, 6) is -0.395. The van der Waals surface area contributed by atoms with Crippen LogP contribution in [0.5, 0.6) is 0 Å². The van der Waals surface area contributed by atoms with E-state index in [0.29, 0.717) is 17.3 Å². The minimum Gasteiger partial charge on any atom is -0.330 e. The fraction of sp³-hybridized carbons (Fsp3) is 0.375. The third kappa shape index (κ3) is 5.60. The molecule has 0 aromatic heterocycles. The first-order valence-electron chi connectivity index (χ1n) is 6.83. The molecule has 2 amide bonds. The molecule has 0 aliphatic rings. The van der Waals surface area contributed by atoms with Crippen LogP contribution in [-0.2, 0) is 9.59 Å². The number of hydrogen-bond acceptors (Lipinski definition) is 2. The van der Waals surface area contributed by atoms with E-state index < -0.39 is 0 Å². The molecule has 5 heteroatoms. The molecule has 1 rings (SSSR count). The van der Waals surface area contributed by atoms with Gasteiger partial charge in [-0.15, -0.1) is 0 Å². The zero-order chi connectivity index (χ0) is 16.0. The standard InChI is InChI=1S/C16H21ClN2O2/c1-5-19(16(21)8-11(2)3)10-15(20)18-14-9-13(17)7-6-12(14)4/h6-9H,5,10H2,1-4H3,(H,18,20). The van der Waals surface area contributed by atoms with E-state index in [1.165, 1.54) is 11.0 Å². The molecule has 0 unspecified atom stereocenters. The van der Waals surface area contributed by atoms with Gasteiger partial charge in [0.25, 0.3) is 0 Å². The molecule has 0 bridgehead atoms. The van der Waals surface area contributed by atoms with Crippen molar-refractivity contribution < 1.29 is 9.59 Å². The quantitative estimate of drug-likeness (QED) is 0.848. The Morgan fingerprint density at radius 3 is 2.57 bits per heavy atom. The number of carbonyl (C=O) groups excluding carboxylic acids is 2. The fourth-order valence-corrected chi connectivity index (χ4v) is 1.95. The Balaban J connectivity index is 2.73. The highest BCUT2D eigenvalue weighted by Gasteiger charge is 2.14. The lowest BCUT2D eigenvalue weighted by Gasteiger charge is -2.19. The van der Waals surface area contributed by atoms with Crippen molar-refractivity contribution in [1.29, 1.82) is 0 Å². The summed E-state index contributed by atoms with van der Waals surface area (Å²) in [6.07, 6.45) is 1.53. The number of anilines is 1. The average molecular weight is 309 g/mol. The van der Waals surface area contributed by atoms with Gasteiger partial charge >= 0.3 is 0 Å². The van der Waals surface area contributed by atoms with Crippen molar-refractivity contribution >= 4 is 29.1 Å². The van der Waals surface area contributed by atoms with Crippen LogP contribution in [0.15, 0.2) is 29.8 Å². The molecule has 1 N–H and O–H groups in total. The van der Waals surface area contributed by atoms with E-state index in [-0.39, 0.29) is 18.4 Å². The van der Waals surface area contributed by atoms with Gasteiger partial charge in [-0.3, -0.25) is 9.59 Å². The van der Waals surface area contributed by atoms with Crippen LogP contribution in [0.25, 0.3) is 0 Å². The molecule has 0 spiro atoms. The lowest BCUT2D eigenvalue weighted by molar-refractivity contribution is -0.130. The van der Waals surface area contributed by atoms with Gasteiger partial charge in [-0.25, -0.2) is 0 Å². The first-order valence-corrected chi connectivity index (χ1v) is 7.21. The molecule has 0 atom stereocenters. The van der Waals surface area contributed by atoms with Crippen LogP contribution in [0.1, 0.15) is 26.3 Å². The topological polar surface area (TPSA) is 49.4 Å². The number of carbonyl (C=O) groups is 2. The van der Waals surface area contributed by atoms with E-state index in [9.17, 15) is 9.59 Å². The minimum atomic E-state index is -0.238. The number of allylic oxidation sites excluding steroid dienone is 1. The maximum absolute atomic E-state index is 12.1. The molecule has 1 aromatic rings. The van der Waals surface area contributed by atoms with Crippen LogP contribution in [0.2, 0.25) is 5.02 Å². The highest BCUT2D eigenvalue weighted by Crippen LogP contribution is 2.20. The normalized spacial score (nSPS) is 9.95. The van der Waals surface area contributed by atoms with Crippen LogP contribution in [-0.4, -0.2) is 29.8 Å². The maximum atomic E-state index is 12.1. The Hall–Kier alpha value is -1.81. The largest absolute Gasteiger partial charge is 0.330 e. The van der Waals surface area contributed by atoms with Crippen LogP contribution in [0.3, 0.4) is 0 Å². The van der Waals surface area contributed by atoms with E-state index in [2.05, 4.69) is 5.32 Å². The van der Waals surface area contributed by atoms with Crippen molar-refractivity contribution in [1.82, 2.24) is 4.90 Å². The third-order valence-corrected chi connectivity index (χ3v) is 3.15. The Kier molecular flexibility index (Phi) is 6.43. The van der Waals surface area contributed by atoms with E-state index in [1.807, 2.05) is 33.8 Å². The van der Waals surface area contributed by atoms with Gasteiger partial charge in [0, 0.05) is 23.3 Å². The lowest BCUT2D eigenvalue weighted by Crippen LogP contribution is -2.37. The molecule has 0 saturated carbocycles. The van der Waals surface area contributed by atoms with Crippen LogP contribution in [0.4, 0.5) is 5.69 Å². The van der Waals surface area contributed by atoms with E-state index in [0.717, 1.165) is 11.1 Å². The number of hydrogen-bond donors (Lipinski definition) is 1. The zero-order valence-electron chi connectivity index (χ0n) is 12.9. The van der Waals surface area contributed by atoms with Crippen molar-refractivity contribution in [2.24, 2.45) is 0 Å². The number of benzene rings is 1. The maximum Gasteiger partial charge on any atom is 0.246 e. The van der Waals surface area contributed by atoms with Crippen molar-refractivity contribution in [3.63, 3.8) is 0 Å². The van der Waals surface area contributed by atoms with E-state index in [1.54, 1.807) is 12.1 Å². The van der Waals surface area contributed by atoms with Crippen LogP contribution in [0, 0.1) is 6.92 Å². The monoisotopic (exact) mass is 308 g/mol. The molecule has 1 aromatic carbocycles. The first kappa shape index (κ1) is 17.2. The minimum absolute atomic E-state index is 0.0189. The van der Waals surface area contributed by atoms with E-state index >= 15 is 0 Å². The second kappa shape index (κ2) is 7.84. The van der Waals surface area contributed by atoms with Gasteiger partial charge in [-0.1, -0.05) is 23.2 Å². The smallest absolute Gasteiger partial charge is 0.246 e. The van der Waals surface area contributed by atoms with Gasteiger partial charge in [0.2, 0.25) is 11.8 Å². The Morgan fingerprint density at radius 2 is 2.00 bits per heavy atom. The molecular weight excluding hydrogens is 288 g/mol. The molecule has 21 heavy (non-hydrogen) atoms. The van der Waals surface area contributed by atoms with Crippen LogP contribution >= 0.6 is 11.6 Å². The lowest BCUT2D eigenvalue weighted by atomic mass is 10.2. The van der Waals surface area contributed by atoms with Gasteiger partial charge in [0.05, 0.1) is 0 Å². The number of halogens is 1. The Bertz CT molecular complexity index is 563. The summed E-state index contributed by atoms with van der Waals surface area (Å²) < 4.78 is 0. The van der Waals surface area contributed by atoms with Crippen molar-refractivity contribution in [3.05, 3.63) is 40.4 Å². The Morgan fingerprint density at radius 1 is 1.33 bits per heavy atom. The predicted octanol–water partition coefficient (Wildman–Crippen LogP) is 3.40. The first-order chi connectivity index (χ1) is 9.83. The third-order valence-electron chi connectivity index (χ3n) is 2.91. The number of likely N-dealkylation sites (N-methyl/N-ethyl adjacent to an activating group) is 1. The summed E-state index contributed by atoms with van der Waals surface area (Å²) in [6.45, 7) is 7.92. The number of nitrogens with one attached hydrogen (secondary N) is 1. The molecule has 0 aliphatic carbocycles. The van der Waals surface area contributed by atoms with Crippen molar-refractivity contribution in [3.8, 4) is 0 Å². The average Bonchev–Trinajstić information content (AvgIpc) is 2.39. The van der Waals surface area contributed by atoms with Crippen molar-refractivity contribution in [2.45, 2.75) is 27.7 Å². The molecule has 114 valence electrons. The van der Waals surface area contributed by atoms with Gasteiger partial charge in [-0.05, 0) is 45.4 Å². The summed E-state index contributed by atoms with van der Waals surface area (Å²) in [5.41, 5.74) is 2.49. The van der Waals surface area contributed by atoms with Gasteiger partial charge in [-0.2, -0.15) is 0 Å². The summed E-state index contributed by atoms with van der Waals surface area (Å²) in [5, 5.41) is 3.35. The Labute approximate surface area is 130 Å². The van der Waals surface area contributed by atoms with Crippen LogP contribution < -0.4 is 5.32 Å². The van der Waals surface area contributed by atoms with Gasteiger partial charge < -0.3 is 10.2 Å². The molecule has 0 heterocycles. The predicted molar refractivity (Wildman–Crippen MR) is 86.5 cm³/mol. The van der Waals surface area contributed by atoms with Gasteiger partial charge in [0.15, 0.2) is 0 Å². The van der Waals surface area contributed by atoms with E-state index in [4.69, 9.17) is 11.6 Å². The molecule has 4 nitrogen and oxygen atoms in total. The number of rotatable bonds is 5. The van der Waals surface area contributed by atoms with Gasteiger partial charge in [0.1, 0.15) is 6.54 Å².